The minimum atomic E-state index is -4.82. The van der Waals surface area contributed by atoms with Crippen LogP contribution in [-0.2, 0) is 0 Å². The monoisotopic (exact) mass is 462 g/mol. The molecule has 3 rings (SSSR count). The maximum atomic E-state index is 13.7. The lowest BCUT2D eigenvalue weighted by Crippen LogP contribution is -2.45. The topological polar surface area (TPSA) is 24.5 Å². The molecule has 0 aliphatic carbocycles. The summed E-state index contributed by atoms with van der Waals surface area (Å²) in [4.78, 5) is 1.92. The number of piperazine rings is 1. The van der Waals surface area contributed by atoms with Crippen LogP contribution in [-0.4, -0.2) is 37.4 Å². The van der Waals surface area contributed by atoms with Crippen molar-refractivity contribution in [3.63, 3.8) is 0 Å². The number of hydrogen-bond acceptors (Lipinski definition) is 3. The standard InChI is InChI=1S/C18H16F6N2O.2ClH/c19-14-9-12(10-15(20)16(14)21)17(26-7-5-25-6-8-26)11-1-3-13(4-2-11)27-18(22,23)24;;/h1-4,9-10,17,25H,5-8H2;2*1H/t17-;;/m0../s1. The van der Waals surface area contributed by atoms with Gasteiger partial charge in [-0.25, -0.2) is 13.2 Å². The predicted octanol–water partition coefficient (Wildman–Crippen LogP) is 4.84. The van der Waals surface area contributed by atoms with Crippen molar-refractivity contribution in [2.24, 2.45) is 0 Å². The number of alkyl halides is 3. The highest BCUT2D eigenvalue weighted by molar-refractivity contribution is 5.85. The molecule has 1 saturated heterocycles. The molecule has 3 nitrogen and oxygen atoms in total. The van der Waals surface area contributed by atoms with Gasteiger partial charge in [-0.3, -0.25) is 4.90 Å². The van der Waals surface area contributed by atoms with E-state index in [0.717, 1.165) is 24.3 Å². The van der Waals surface area contributed by atoms with E-state index in [1.165, 1.54) is 12.1 Å². The molecule has 1 atom stereocenters. The fourth-order valence-corrected chi connectivity index (χ4v) is 3.14. The number of halogens is 8. The Morgan fingerprint density at radius 2 is 1.38 bits per heavy atom. The third-order valence-corrected chi connectivity index (χ3v) is 4.27. The molecule has 0 bridgehead atoms. The van der Waals surface area contributed by atoms with Crippen LogP contribution in [0.5, 0.6) is 5.75 Å². The lowest BCUT2D eigenvalue weighted by atomic mass is 9.96. The minimum absolute atomic E-state index is 0. The second kappa shape index (κ2) is 10.4. The van der Waals surface area contributed by atoms with Gasteiger partial charge in [0.2, 0.25) is 0 Å². The van der Waals surface area contributed by atoms with Crippen LogP contribution in [0.1, 0.15) is 17.2 Å². The molecule has 1 heterocycles. The number of benzene rings is 2. The van der Waals surface area contributed by atoms with Gasteiger partial charge in [0.15, 0.2) is 17.5 Å². The summed E-state index contributed by atoms with van der Waals surface area (Å²) in [5.41, 5.74) is 0.689. The molecule has 162 valence electrons. The second-order valence-corrected chi connectivity index (χ2v) is 6.10. The third kappa shape index (κ3) is 6.40. The fourth-order valence-electron chi connectivity index (χ4n) is 3.14. The summed E-state index contributed by atoms with van der Waals surface area (Å²) in [5, 5.41) is 3.14. The molecule has 0 spiro atoms. The van der Waals surface area contributed by atoms with Crippen molar-refractivity contribution >= 4 is 24.8 Å². The van der Waals surface area contributed by atoms with Crippen LogP contribution in [0.25, 0.3) is 0 Å². The maximum Gasteiger partial charge on any atom is 0.573 e. The van der Waals surface area contributed by atoms with Gasteiger partial charge in [-0.1, -0.05) is 12.1 Å². The number of nitrogens with zero attached hydrogens (tertiary/aromatic N) is 1. The molecule has 2 aromatic rings. The van der Waals surface area contributed by atoms with Crippen molar-refractivity contribution in [2.45, 2.75) is 12.4 Å². The van der Waals surface area contributed by atoms with E-state index in [4.69, 9.17) is 0 Å². The zero-order valence-corrected chi connectivity index (χ0v) is 16.4. The number of ether oxygens (including phenoxy) is 1. The van der Waals surface area contributed by atoms with Crippen LogP contribution < -0.4 is 10.1 Å². The smallest absolute Gasteiger partial charge is 0.406 e. The molecule has 0 saturated carbocycles. The summed E-state index contributed by atoms with van der Waals surface area (Å²) in [6, 6.07) is 6.23. The van der Waals surface area contributed by atoms with Crippen molar-refractivity contribution in [2.75, 3.05) is 26.2 Å². The molecule has 0 amide bonds. The van der Waals surface area contributed by atoms with Gasteiger partial charge >= 0.3 is 6.36 Å². The fraction of sp³-hybridized carbons (Fsp3) is 0.333. The van der Waals surface area contributed by atoms with Crippen molar-refractivity contribution in [3.05, 3.63) is 65.0 Å². The lowest BCUT2D eigenvalue weighted by Gasteiger charge is -2.35. The molecule has 2 aromatic carbocycles. The quantitative estimate of drug-likeness (QED) is 0.519. The van der Waals surface area contributed by atoms with Gasteiger partial charge in [-0.05, 0) is 35.4 Å². The average Bonchev–Trinajstić information content (AvgIpc) is 2.61. The molecule has 11 heteroatoms. The molecule has 0 aromatic heterocycles. The Bertz CT molecular complexity index is 775. The van der Waals surface area contributed by atoms with Crippen molar-refractivity contribution < 1.29 is 31.1 Å². The molecule has 1 N–H and O–H groups in total. The molecule has 0 unspecified atom stereocenters. The minimum Gasteiger partial charge on any atom is -0.406 e. The van der Waals surface area contributed by atoms with Gasteiger partial charge in [0, 0.05) is 26.2 Å². The Kier molecular flexibility index (Phi) is 9.08. The van der Waals surface area contributed by atoms with Gasteiger partial charge in [0.25, 0.3) is 0 Å². The molecule has 1 aliphatic rings. The van der Waals surface area contributed by atoms with E-state index < -0.39 is 35.6 Å². The van der Waals surface area contributed by atoms with Gasteiger partial charge in [-0.15, -0.1) is 38.0 Å². The summed E-state index contributed by atoms with van der Waals surface area (Å²) < 4.78 is 81.6. The van der Waals surface area contributed by atoms with E-state index in [0.29, 0.717) is 31.7 Å². The maximum absolute atomic E-state index is 13.7. The van der Waals surface area contributed by atoms with Crippen molar-refractivity contribution in [1.29, 1.82) is 0 Å². The normalized spacial score (nSPS) is 15.8. The highest BCUT2D eigenvalue weighted by atomic mass is 35.5. The van der Waals surface area contributed by atoms with Crippen LogP contribution in [0.15, 0.2) is 36.4 Å². The van der Waals surface area contributed by atoms with Crippen LogP contribution >= 0.6 is 24.8 Å². The van der Waals surface area contributed by atoms with Gasteiger partial charge < -0.3 is 10.1 Å². The average molecular weight is 463 g/mol. The Morgan fingerprint density at radius 1 is 0.862 bits per heavy atom. The van der Waals surface area contributed by atoms with Crippen LogP contribution in [0.2, 0.25) is 0 Å². The molecular weight excluding hydrogens is 445 g/mol. The Hall–Kier alpha value is -1.68. The van der Waals surface area contributed by atoms with Crippen molar-refractivity contribution in [3.8, 4) is 5.75 Å². The summed E-state index contributed by atoms with van der Waals surface area (Å²) >= 11 is 0. The van der Waals surface area contributed by atoms with E-state index in [1.54, 1.807) is 0 Å². The van der Waals surface area contributed by atoms with Gasteiger partial charge in [0.05, 0.1) is 6.04 Å². The zero-order valence-electron chi connectivity index (χ0n) is 14.8. The molecule has 1 aliphatic heterocycles. The first-order chi connectivity index (χ1) is 12.7. The second-order valence-electron chi connectivity index (χ2n) is 6.10. The molecule has 1 fully saturated rings. The predicted molar refractivity (Wildman–Crippen MR) is 100 cm³/mol. The van der Waals surface area contributed by atoms with Crippen molar-refractivity contribution in [1.82, 2.24) is 10.2 Å². The highest BCUT2D eigenvalue weighted by Gasteiger charge is 2.31. The largest absolute Gasteiger partial charge is 0.573 e. The van der Waals surface area contributed by atoms with E-state index in [-0.39, 0.29) is 30.4 Å². The number of hydrogen-bond donors (Lipinski definition) is 1. The molecule has 29 heavy (non-hydrogen) atoms. The van der Waals surface area contributed by atoms with E-state index >= 15 is 0 Å². The molecule has 0 radical (unpaired) electrons. The number of rotatable bonds is 4. The molecular formula is C18H18Cl2F6N2O. The summed E-state index contributed by atoms with van der Waals surface area (Å²) in [6.07, 6.45) is -4.82. The van der Waals surface area contributed by atoms with E-state index in [9.17, 15) is 26.3 Å². The Labute approximate surface area is 175 Å². The van der Waals surface area contributed by atoms with Gasteiger partial charge in [0.1, 0.15) is 5.75 Å². The zero-order chi connectivity index (χ0) is 19.6. The van der Waals surface area contributed by atoms with Crippen LogP contribution in [0, 0.1) is 17.5 Å². The highest BCUT2D eigenvalue weighted by Crippen LogP contribution is 2.32. The van der Waals surface area contributed by atoms with Crippen LogP contribution in [0.3, 0.4) is 0 Å². The van der Waals surface area contributed by atoms with E-state index in [1.807, 2.05) is 4.90 Å². The summed E-state index contributed by atoms with van der Waals surface area (Å²) in [5.74, 6) is -4.60. The third-order valence-electron chi connectivity index (χ3n) is 4.27. The lowest BCUT2D eigenvalue weighted by molar-refractivity contribution is -0.274. The van der Waals surface area contributed by atoms with Crippen LogP contribution in [0.4, 0.5) is 26.3 Å². The first-order valence-electron chi connectivity index (χ1n) is 8.19. The summed E-state index contributed by atoms with van der Waals surface area (Å²) in [7, 11) is 0. The number of nitrogens with one attached hydrogen (secondary N) is 1. The van der Waals surface area contributed by atoms with Gasteiger partial charge in [-0.2, -0.15) is 0 Å². The van der Waals surface area contributed by atoms with E-state index in [2.05, 4.69) is 10.1 Å². The Balaban J connectivity index is 0.00000210. The summed E-state index contributed by atoms with van der Waals surface area (Å²) in [6.45, 7) is 2.37. The first-order valence-corrected chi connectivity index (χ1v) is 8.19. The Morgan fingerprint density at radius 3 is 1.86 bits per heavy atom. The first kappa shape index (κ1) is 25.4. The SMILES string of the molecule is Cl.Cl.Fc1cc([C@H](c2ccc(OC(F)(F)F)cc2)N2CCNCC2)cc(F)c1F.